The number of hydrogen-bond donors (Lipinski definition) is 2. The summed E-state index contributed by atoms with van der Waals surface area (Å²) in [6, 6.07) is 37.2. The molecule has 0 unspecified atom stereocenters. The summed E-state index contributed by atoms with van der Waals surface area (Å²) in [6.45, 7) is 0. The Hall–Kier alpha value is -4.90. The Balaban J connectivity index is 1.69. The number of hydrogen-bond acceptors (Lipinski definition) is 3. The predicted molar refractivity (Wildman–Crippen MR) is 138 cm³/mol. The van der Waals surface area contributed by atoms with Gasteiger partial charge in [0, 0.05) is 22.5 Å². The van der Waals surface area contributed by atoms with Crippen molar-refractivity contribution in [2.75, 3.05) is 10.6 Å². The average molecular weight is 459 g/mol. The molecule has 0 atom stereocenters. The maximum Gasteiger partial charge on any atom is 0.292 e. The maximum absolute atomic E-state index is 13.4. The minimum atomic E-state index is -0.439. The molecule has 5 nitrogen and oxygen atoms in total. The molecule has 0 fully saturated rings. The van der Waals surface area contributed by atoms with Crippen molar-refractivity contribution in [2.45, 2.75) is 0 Å². The van der Waals surface area contributed by atoms with Gasteiger partial charge in [-0.25, -0.2) is 0 Å². The van der Waals surface area contributed by atoms with Gasteiger partial charge < -0.3 is 15.1 Å². The molecular formula is C30H22N2O3. The molecule has 0 radical (unpaired) electrons. The Labute approximate surface area is 203 Å². The number of nitrogens with one attached hydrogen (secondary N) is 2. The van der Waals surface area contributed by atoms with Crippen molar-refractivity contribution < 1.29 is 14.0 Å². The molecule has 1 aromatic heterocycles. The monoisotopic (exact) mass is 458 g/mol. The fraction of sp³-hybridized carbons (Fsp3) is 0. The van der Waals surface area contributed by atoms with Gasteiger partial charge in [0.15, 0.2) is 0 Å². The van der Waals surface area contributed by atoms with E-state index in [1.165, 1.54) is 0 Å². The third-order valence-electron chi connectivity index (χ3n) is 5.51. The van der Waals surface area contributed by atoms with E-state index in [-0.39, 0.29) is 11.5 Å². The summed E-state index contributed by atoms with van der Waals surface area (Å²) in [5.74, 6) is -0.744. The molecule has 35 heavy (non-hydrogen) atoms. The number of carbonyl (C=O) groups excluding carboxylic acids is 2. The minimum Gasteiger partial charge on any atom is -0.444 e. The van der Waals surface area contributed by atoms with Gasteiger partial charge in [-0.2, -0.15) is 0 Å². The van der Waals surface area contributed by atoms with Crippen LogP contribution in [0.5, 0.6) is 0 Å². The quantitative estimate of drug-likeness (QED) is 0.285. The molecular weight excluding hydrogens is 436 g/mol. The first-order valence-electron chi connectivity index (χ1n) is 11.2. The lowest BCUT2D eigenvalue weighted by atomic mass is 9.94. The zero-order valence-electron chi connectivity index (χ0n) is 18.8. The number of para-hydroxylation sites is 2. The Morgan fingerprint density at radius 3 is 1.11 bits per heavy atom. The van der Waals surface area contributed by atoms with Crippen LogP contribution in [0.15, 0.2) is 126 Å². The van der Waals surface area contributed by atoms with Crippen LogP contribution in [0.25, 0.3) is 22.3 Å². The molecule has 2 N–H and O–H groups in total. The Bertz CT molecular complexity index is 1330. The fourth-order valence-electron chi connectivity index (χ4n) is 3.93. The smallest absolute Gasteiger partial charge is 0.292 e. The molecule has 4 aromatic carbocycles. The van der Waals surface area contributed by atoms with Crippen LogP contribution in [0.2, 0.25) is 0 Å². The molecule has 5 rings (SSSR count). The van der Waals surface area contributed by atoms with Gasteiger partial charge in [-0.3, -0.25) is 9.59 Å². The van der Waals surface area contributed by atoms with Gasteiger partial charge in [-0.1, -0.05) is 97.1 Å². The number of benzene rings is 4. The van der Waals surface area contributed by atoms with E-state index in [0.29, 0.717) is 22.5 Å². The first-order chi connectivity index (χ1) is 17.2. The summed E-state index contributed by atoms with van der Waals surface area (Å²) in [5.41, 5.74) is 3.92. The second kappa shape index (κ2) is 9.93. The van der Waals surface area contributed by atoms with Crippen molar-refractivity contribution in [3.05, 3.63) is 133 Å². The Morgan fingerprint density at radius 1 is 0.457 bits per heavy atom. The maximum atomic E-state index is 13.4. The number of carbonyl (C=O) groups is 2. The van der Waals surface area contributed by atoms with Crippen molar-refractivity contribution in [2.24, 2.45) is 0 Å². The molecule has 5 heteroatoms. The molecule has 170 valence electrons. The Morgan fingerprint density at radius 2 is 0.771 bits per heavy atom. The second-order valence-electron chi connectivity index (χ2n) is 7.88. The van der Waals surface area contributed by atoms with E-state index in [2.05, 4.69) is 10.6 Å². The summed E-state index contributed by atoms with van der Waals surface area (Å²) >= 11 is 0. The van der Waals surface area contributed by atoms with Crippen LogP contribution in [0, 0.1) is 0 Å². The van der Waals surface area contributed by atoms with Gasteiger partial charge in [-0.05, 0) is 35.4 Å². The van der Waals surface area contributed by atoms with Crippen LogP contribution in [0.4, 0.5) is 11.4 Å². The first-order valence-corrected chi connectivity index (χ1v) is 11.2. The topological polar surface area (TPSA) is 71.3 Å². The molecule has 1 heterocycles. The average Bonchev–Trinajstić information content (AvgIpc) is 3.32. The zero-order valence-corrected chi connectivity index (χ0v) is 18.8. The van der Waals surface area contributed by atoms with E-state index in [9.17, 15) is 9.59 Å². The number of furan rings is 1. The molecule has 0 aliphatic heterocycles. The van der Waals surface area contributed by atoms with Crippen molar-refractivity contribution in [3.8, 4) is 22.3 Å². The standard InChI is InChI=1S/C30H22N2O3/c33-29(31-23-17-9-3-10-18-23)27-25(21-13-5-1-6-14-21)26(22-15-7-2-8-16-22)28(35-27)30(34)32-24-19-11-4-12-20-24/h1-20H,(H,31,33)(H,32,34). The lowest BCUT2D eigenvalue weighted by Crippen LogP contribution is -2.13. The highest BCUT2D eigenvalue weighted by Crippen LogP contribution is 2.40. The van der Waals surface area contributed by atoms with Crippen LogP contribution in [0.1, 0.15) is 21.1 Å². The number of rotatable bonds is 6. The highest BCUT2D eigenvalue weighted by Gasteiger charge is 2.30. The molecule has 0 saturated heterocycles. The summed E-state index contributed by atoms with van der Waals surface area (Å²) in [7, 11) is 0. The van der Waals surface area contributed by atoms with Gasteiger partial charge in [0.05, 0.1) is 0 Å². The van der Waals surface area contributed by atoms with E-state index in [4.69, 9.17) is 4.42 Å². The van der Waals surface area contributed by atoms with Crippen molar-refractivity contribution >= 4 is 23.2 Å². The lowest BCUT2D eigenvalue weighted by molar-refractivity contribution is 0.0975. The van der Waals surface area contributed by atoms with Crippen LogP contribution in [0.3, 0.4) is 0 Å². The molecule has 0 aliphatic carbocycles. The highest BCUT2D eigenvalue weighted by atomic mass is 16.4. The molecule has 0 saturated carbocycles. The number of anilines is 2. The number of amides is 2. The molecule has 0 bridgehead atoms. The third-order valence-corrected chi connectivity index (χ3v) is 5.51. The second-order valence-corrected chi connectivity index (χ2v) is 7.88. The van der Waals surface area contributed by atoms with Gasteiger partial charge >= 0.3 is 0 Å². The van der Waals surface area contributed by atoms with Crippen LogP contribution in [-0.2, 0) is 0 Å². The lowest BCUT2D eigenvalue weighted by Gasteiger charge is -2.09. The normalized spacial score (nSPS) is 10.5. The van der Waals surface area contributed by atoms with Crippen LogP contribution >= 0.6 is 0 Å². The van der Waals surface area contributed by atoms with E-state index >= 15 is 0 Å². The van der Waals surface area contributed by atoms with Gasteiger partial charge in [0.1, 0.15) is 0 Å². The van der Waals surface area contributed by atoms with E-state index < -0.39 is 11.8 Å². The zero-order chi connectivity index (χ0) is 24.0. The van der Waals surface area contributed by atoms with Gasteiger partial charge in [0.2, 0.25) is 11.5 Å². The summed E-state index contributed by atoms with van der Waals surface area (Å²) < 4.78 is 6.10. The molecule has 5 aromatic rings. The highest BCUT2D eigenvalue weighted by molar-refractivity contribution is 6.15. The van der Waals surface area contributed by atoms with Crippen molar-refractivity contribution in [3.63, 3.8) is 0 Å². The first kappa shape index (κ1) is 21.9. The van der Waals surface area contributed by atoms with Crippen molar-refractivity contribution in [1.82, 2.24) is 0 Å². The predicted octanol–water partition coefficient (Wildman–Crippen LogP) is 7.12. The summed E-state index contributed by atoms with van der Waals surface area (Å²) in [6.07, 6.45) is 0. The summed E-state index contributed by atoms with van der Waals surface area (Å²) in [4.78, 5) is 26.9. The summed E-state index contributed by atoms with van der Waals surface area (Å²) in [5, 5.41) is 5.77. The van der Waals surface area contributed by atoms with Crippen molar-refractivity contribution in [1.29, 1.82) is 0 Å². The SMILES string of the molecule is O=C(Nc1ccccc1)c1oc(C(=O)Nc2ccccc2)c(-c2ccccc2)c1-c1ccccc1. The molecule has 2 amide bonds. The van der Waals surface area contributed by atoms with Gasteiger partial charge in [0.25, 0.3) is 11.8 Å². The van der Waals surface area contributed by atoms with E-state index in [0.717, 1.165) is 11.1 Å². The van der Waals surface area contributed by atoms with E-state index in [1.807, 2.05) is 97.1 Å². The fourth-order valence-corrected chi connectivity index (χ4v) is 3.93. The Kier molecular flexibility index (Phi) is 6.22. The van der Waals surface area contributed by atoms with Crippen LogP contribution < -0.4 is 10.6 Å². The van der Waals surface area contributed by atoms with Crippen LogP contribution in [-0.4, -0.2) is 11.8 Å². The molecule has 0 aliphatic rings. The van der Waals surface area contributed by atoms with E-state index in [1.54, 1.807) is 24.3 Å². The van der Waals surface area contributed by atoms with Gasteiger partial charge in [-0.15, -0.1) is 0 Å². The third kappa shape index (κ3) is 4.75. The largest absolute Gasteiger partial charge is 0.444 e. The minimum absolute atomic E-state index is 0.0668. The molecule has 0 spiro atoms.